The van der Waals surface area contributed by atoms with Gasteiger partial charge in [0.15, 0.2) is 0 Å². The van der Waals surface area contributed by atoms with Gasteiger partial charge in [0.25, 0.3) is 0 Å². The SMILES string of the molecule is CC(=O)Oc1ccc(Cl)c(OCCN2C(C)CN(C(=O)Nc3ccccc3)CC2C)c1. The van der Waals surface area contributed by atoms with Gasteiger partial charge in [0.05, 0.1) is 5.02 Å². The summed E-state index contributed by atoms with van der Waals surface area (Å²) in [7, 11) is 0. The van der Waals surface area contributed by atoms with E-state index in [1.54, 1.807) is 18.2 Å². The third kappa shape index (κ3) is 6.35. The number of piperazine rings is 1. The van der Waals surface area contributed by atoms with Gasteiger partial charge >= 0.3 is 12.0 Å². The van der Waals surface area contributed by atoms with Gasteiger partial charge in [0.1, 0.15) is 18.1 Å². The van der Waals surface area contributed by atoms with E-state index in [-0.39, 0.29) is 18.1 Å². The van der Waals surface area contributed by atoms with E-state index >= 15 is 0 Å². The van der Waals surface area contributed by atoms with Crippen molar-refractivity contribution in [2.24, 2.45) is 0 Å². The Balaban J connectivity index is 1.52. The smallest absolute Gasteiger partial charge is 0.321 e. The lowest BCUT2D eigenvalue weighted by Crippen LogP contribution is -2.59. The topological polar surface area (TPSA) is 71.1 Å². The molecule has 2 atom stereocenters. The van der Waals surface area contributed by atoms with Crippen molar-refractivity contribution in [1.29, 1.82) is 0 Å². The monoisotopic (exact) mass is 445 g/mol. The highest BCUT2D eigenvalue weighted by Crippen LogP contribution is 2.29. The standard InChI is InChI=1S/C23H28ClN3O4/c1-16-14-26(23(29)25-19-7-5-4-6-8-19)15-17(2)27(16)11-12-30-22-13-20(31-18(3)28)9-10-21(22)24/h4-10,13,16-17H,11-12,14-15H2,1-3H3,(H,25,29). The molecule has 1 N–H and O–H groups in total. The molecule has 3 rings (SSSR count). The molecule has 2 aromatic carbocycles. The maximum atomic E-state index is 12.6. The van der Waals surface area contributed by atoms with E-state index < -0.39 is 5.97 Å². The zero-order valence-electron chi connectivity index (χ0n) is 18.0. The van der Waals surface area contributed by atoms with Crippen molar-refractivity contribution >= 4 is 29.3 Å². The number of nitrogens with one attached hydrogen (secondary N) is 1. The second-order valence-corrected chi connectivity index (χ2v) is 8.08. The Morgan fingerprint density at radius 1 is 1.10 bits per heavy atom. The van der Waals surface area contributed by atoms with Gasteiger partial charge in [-0.25, -0.2) is 4.79 Å². The van der Waals surface area contributed by atoms with Gasteiger partial charge in [-0.1, -0.05) is 29.8 Å². The molecule has 1 heterocycles. The fraction of sp³-hybridized carbons (Fsp3) is 0.391. The summed E-state index contributed by atoms with van der Waals surface area (Å²) >= 11 is 6.20. The molecule has 1 fully saturated rings. The number of para-hydroxylation sites is 1. The number of carbonyl (C=O) groups excluding carboxylic acids is 2. The molecular formula is C23H28ClN3O4. The summed E-state index contributed by atoms with van der Waals surface area (Å²) < 4.78 is 10.9. The van der Waals surface area contributed by atoms with Gasteiger partial charge in [0, 0.05) is 50.4 Å². The molecule has 0 aromatic heterocycles. The molecule has 31 heavy (non-hydrogen) atoms. The fourth-order valence-electron chi connectivity index (χ4n) is 3.77. The van der Waals surface area contributed by atoms with Crippen LogP contribution in [0.3, 0.4) is 0 Å². The minimum absolute atomic E-state index is 0.0881. The fourth-order valence-corrected chi connectivity index (χ4v) is 3.94. The number of anilines is 1. The Morgan fingerprint density at radius 3 is 2.42 bits per heavy atom. The summed E-state index contributed by atoms with van der Waals surface area (Å²) in [6, 6.07) is 14.6. The van der Waals surface area contributed by atoms with Gasteiger partial charge < -0.3 is 19.7 Å². The summed E-state index contributed by atoms with van der Waals surface area (Å²) in [5.74, 6) is 0.471. The van der Waals surface area contributed by atoms with Crippen molar-refractivity contribution in [1.82, 2.24) is 9.80 Å². The summed E-state index contributed by atoms with van der Waals surface area (Å²) in [6.45, 7) is 7.92. The van der Waals surface area contributed by atoms with Gasteiger partial charge in [-0.2, -0.15) is 0 Å². The third-order valence-corrected chi connectivity index (χ3v) is 5.50. The molecule has 0 aliphatic carbocycles. The summed E-state index contributed by atoms with van der Waals surface area (Å²) in [4.78, 5) is 27.9. The van der Waals surface area contributed by atoms with Crippen LogP contribution in [-0.4, -0.2) is 60.1 Å². The molecule has 2 aromatic rings. The number of esters is 1. The summed E-state index contributed by atoms with van der Waals surface area (Å²) in [6.07, 6.45) is 0. The van der Waals surface area contributed by atoms with Crippen LogP contribution >= 0.6 is 11.6 Å². The van der Waals surface area contributed by atoms with Crippen LogP contribution in [0.25, 0.3) is 0 Å². The van der Waals surface area contributed by atoms with E-state index in [4.69, 9.17) is 21.1 Å². The normalized spacial score (nSPS) is 19.0. The van der Waals surface area contributed by atoms with E-state index in [9.17, 15) is 9.59 Å². The predicted octanol–water partition coefficient (Wildman–Crippen LogP) is 4.27. The molecule has 0 spiro atoms. The number of nitrogens with zero attached hydrogens (tertiary/aromatic N) is 2. The van der Waals surface area contributed by atoms with Crippen LogP contribution in [0.2, 0.25) is 5.02 Å². The van der Waals surface area contributed by atoms with Gasteiger partial charge in [-0.3, -0.25) is 9.69 Å². The van der Waals surface area contributed by atoms with E-state index in [1.807, 2.05) is 35.2 Å². The highest BCUT2D eigenvalue weighted by Gasteiger charge is 2.31. The first kappa shape index (κ1) is 22.9. The number of halogens is 1. The quantitative estimate of drug-likeness (QED) is 0.531. The number of benzene rings is 2. The number of rotatable bonds is 6. The lowest BCUT2D eigenvalue weighted by Gasteiger charge is -2.44. The number of amides is 2. The molecule has 2 unspecified atom stereocenters. The van der Waals surface area contributed by atoms with Crippen LogP contribution in [0, 0.1) is 0 Å². The van der Waals surface area contributed by atoms with E-state index in [1.165, 1.54) is 6.92 Å². The van der Waals surface area contributed by atoms with E-state index in [0.717, 1.165) is 5.69 Å². The minimum Gasteiger partial charge on any atom is -0.491 e. The molecule has 1 saturated heterocycles. The second-order valence-electron chi connectivity index (χ2n) is 7.67. The average molecular weight is 446 g/mol. The summed E-state index contributed by atoms with van der Waals surface area (Å²) in [5.41, 5.74) is 0.788. The average Bonchev–Trinajstić information content (AvgIpc) is 2.72. The largest absolute Gasteiger partial charge is 0.491 e. The Kier molecular flexibility index (Phi) is 7.76. The predicted molar refractivity (Wildman–Crippen MR) is 121 cm³/mol. The van der Waals surface area contributed by atoms with Crippen molar-refractivity contribution in [2.75, 3.05) is 31.6 Å². The zero-order valence-corrected chi connectivity index (χ0v) is 18.8. The van der Waals surface area contributed by atoms with Crippen molar-refractivity contribution in [3.05, 3.63) is 53.6 Å². The molecule has 0 bridgehead atoms. The van der Waals surface area contributed by atoms with Crippen LogP contribution in [0.1, 0.15) is 20.8 Å². The first-order valence-corrected chi connectivity index (χ1v) is 10.7. The number of ether oxygens (including phenoxy) is 2. The van der Waals surface area contributed by atoms with Crippen molar-refractivity contribution in [3.8, 4) is 11.5 Å². The number of carbonyl (C=O) groups is 2. The first-order chi connectivity index (χ1) is 14.8. The Labute approximate surface area is 187 Å². The lowest BCUT2D eigenvalue weighted by atomic mass is 10.1. The molecule has 0 radical (unpaired) electrons. The van der Waals surface area contributed by atoms with Gasteiger partial charge in [-0.15, -0.1) is 0 Å². The first-order valence-electron chi connectivity index (χ1n) is 10.3. The Morgan fingerprint density at radius 2 is 1.77 bits per heavy atom. The van der Waals surface area contributed by atoms with Crippen LogP contribution in [0.4, 0.5) is 10.5 Å². The Bertz CT molecular complexity index is 897. The molecule has 0 saturated carbocycles. The van der Waals surface area contributed by atoms with Crippen molar-refractivity contribution < 1.29 is 19.1 Å². The van der Waals surface area contributed by atoms with Gasteiger partial charge in [-0.05, 0) is 38.1 Å². The molecule has 2 amide bonds. The highest BCUT2D eigenvalue weighted by atomic mass is 35.5. The molecule has 166 valence electrons. The highest BCUT2D eigenvalue weighted by molar-refractivity contribution is 6.32. The van der Waals surface area contributed by atoms with Crippen molar-refractivity contribution in [2.45, 2.75) is 32.9 Å². The Hall–Kier alpha value is -2.77. The number of hydrogen-bond acceptors (Lipinski definition) is 5. The van der Waals surface area contributed by atoms with Crippen LogP contribution in [0.5, 0.6) is 11.5 Å². The van der Waals surface area contributed by atoms with Gasteiger partial charge in [0.2, 0.25) is 0 Å². The minimum atomic E-state index is -0.398. The van der Waals surface area contributed by atoms with Crippen LogP contribution in [-0.2, 0) is 4.79 Å². The summed E-state index contributed by atoms with van der Waals surface area (Å²) in [5, 5.41) is 3.41. The molecule has 7 nitrogen and oxygen atoms in total. The van der Waals surface area contributed by atoms with E-state index in [2.05, 4.69) is 24.1 Å². The zero-order chi connectivity index (χ0) is 22.4. The van der Waals surface area contributed by atoms with Crippen LogP contribution < -0.4 is 14.8 Å². The van der Waals surface area contributed by atoms with Crippen molar-refractivity contribution in [3.63, 3.8) is 0 Å². The lowest BCUT2D eigenvalue weighted by molar-refractivity contribution is -0.131. The molecule has 1 aliphatic rings. The third-order valence-electron chi connectivity index (χ3n) is 5.19. The van der Waals surface area contributed by atoms with Crippen LogP contribution in [0.15, 0.2) is 48.5 Å². The van der Waals surface area contributed by atoms with E-state index in [0.29, 0.717) is 42.8 Å². The maximum absolute atomic E-state index is 12.6. The number of hydrogen-bond donors (Lipinski definition) is 1. The second kappa shape index (κ2) is 10.5. The number of urea groups is 1. The molecular weight excluding hydrogens is 418 g/mol. The maximum Gasteiger partial charge on any atom is 0.321 e. The molecule has 1 aliphatic heterocycles. The molecule has 8 heteroatoms.